The SMILES string of the molecule is CC(C)c1nc(Cl)cc(N2CCCCC2CCO)n1. The Bertz CT molecular complexity index is 423. The Morgan fingerprint density at radius 1 is 1.42 bits per heavy atom. The highest BCUT2D eigenvalue weighted by Crippen LogP contribution is 2.27. The molecule has 2 rings (SSSR count). The molecule has 5 heteroatoms. The van der Waals surface area contributed by atoms with Gasteiger partial charge >= 0.3 is 0 Å². The summed E-state index contributed by atoms with van der Waals surface area (Å²) in [4.78, 5) is 11.2. The minimum absolute atomic E-state index is 0.219. The van der Waals surface area contributed by atoms with Crippen LogP contribution in [0.15, 0.2) is 6.07 Å². The van der Waals surface area contributed by atoms with Gasteiger partial charge in [-0.2, -0.15) is 0 Å². The lowest BCUT2D eigenvalue weighted by Gasteiger charge is -2.36. The first-order valence-electron chi connectivity index (χ1n) is 7.03. The van der Waals surface area contributed by atoms with E-state index in [1.165, 1.54) is 12.8 Å². The van der Waals surface area contributed by atoms with Crippen LogP contribution in [0.5, 0.6) is 0 Å². The molecule has 0 amide bonds. The number of nitrogens with zero attached hydrogens (tertiary/aromatic N) is 3. The predicted molar refractivity (Wildman–Crippen MR) is 77.8 cm³/mol. The molecule has 0 radical (unpaired) electrons. The lowest BCUT2D eigenvalue weighted by atomic mass is 9.99. The summed E-state index contributed by atoms with van der Waals surface area (Å²) in [6, 6.07) is 2.20. The standard InChI is InChI=1S/C14H22ClN3O/c1-10(2)14-16-12(15)9-13(17-14)18-7-4-3-5-11(18)6-8-19/h9-11,19H,3-8H2,1-2H3. The molecule has 19 heavy (non-hydrogen) atoms. The van der Waals surface area contributed by atoms with Crippen LogP contribution in [-0.2, 0) is 0 Å². The maximum absolute atomic E-state index is 9.20. The molecule has 0 spiro atoms. The zero-order valence-corrected chi connectivity index (χ0v) is 12.4. The molecule has 2 heterocycles. The molecule has 1 atom stereocenters. The second-order valence-electron chi connectivity index (χ2n) is 5.42. The molecule has 106 valence electrons. The van der Waals surface area contributed by atoms with Gasteiger partial charge in [-0.1, -0.05) is 25.4 Å². The summed E-state index contributed by atoms with van der Waals surface area (Å²) in [5.74, 6) is 1.95. The second-order valence-corrected chi connectivity index (χ2v) is 5.80. The average molecular weight is 284 g/mol. The fourth-order valence-electron chi connectivity index (χ4n) is 2.58. The van der Waals surface area contributed by atoms with E-state index in [0.29, 0.717) is 11.2 Å². The van der Waals surface area contributed by atoms with Crippen LogP contribution < -0.4 is 4.90 Å². The Morgan fingerprint density at radius 2 is 2.21 bits per heavy atom. The summed E-state index contributed by atoms with van der Waals surface area (Å²) in [7, 11) is 0. The second kappa shape index (κ2) is 6.53. The number of piperidine rings is 1. The van der Waals surface area contributed by atoms with Crippen molar-refractivity contribution in [2.24, 2.45) is 0 Å². The summed E-state index contributed by atoms with van der Waals surface area (Å²) in [5, 5.41) is 9.70. The van der Waals surface area contributed by atoms with Gasteiger partial charge in [0.05, 0.1) is 0 Å². The molecular weight excluding hydrogens is 262 g/mol. The molecule has 1 aromatic heterocycles. The lowest BCUT2D eigenvalue weighted by Crippen LogP contribution is -2.40. The summed E-state index contributed by atoms with van der Waals surface area (Å²) in [6.45, 7) is 5.33. The van der Waals surface area contributed by atoms with Crippen LogP contribution >= 0.6 is 11.6 Å². The molecule has 1 aromatic rings. The van der Waals surface area contributed by atoms with Crippen molar-refractivity contribution in [2.75, 3.05) is 18.1 Å². The Labute approximate surface area is 119 Å². The van der Waals surface area contributed by atoms with Gasteiger partial charge in [-0.25, -0.2) is 9.97 Å². The number of aliphatic hydroxyl groups excluding tert-OH is 1. The third-order valence-electron chi connectivity index (χ3n) is 3.60. The van der Waals surface area contributed by atoms with Crippen LogP contribution in [0.3, 0.4) is 0 Å². The van der Waals surface area contributed by atoms with Crippen LogP contribution in [0.1, 0.15) is 51.3 Å². The van der Waals surface area contributed by atoms with Crippen LogP contribution in [-0.4, -0.2) is 34.3 Å². The zero-order valence-electron chi connectivity index (χ0n) is 11.6. The summed E-state index contributed by atoms with van der Waals surface area (Å²) < 4.78 is 0. The van der Waals surface area contributed by atoms with Gasteiger partial charge in [0.15, 0.2) is 0 Å². The number of halogens is 1. The van der Waals surface area contributed by atoms with Crippen LogP contribution in [0, 0.1) is 0 Å². The van der Waals surface area contributed by atoms with Crippen LogP contribution in [0.2, 0.25) is 5.15 Å². The Morgan fingerprint density at radius 3 is 2.89 bits per heavy atom. The Hall–Kier alpha value is -0.870. The third kappa shape index (κ3) is 3.57. The summed E-state index contributed by atoms with van der Waals surface area (Å²) in [5.41, 5.74) is 0. The highest BCUT2D eigenvalue weighted by molar-refractivity contribution is 6.29. The maximum atomic E-state index is 9.20. The quantitative estimate of drug-likeness (QED) is 0.863. The predicted octanol–water partition coefficient (Wildman–Crippen LogP) is 2.99. The molecule has 1 N–H and O–H groups in total. The van der Waals surface area contributed by atoms with E-state index in [9.17, 15) is 5.11 Å². The van der Waals surface area contributed by atoms with Gasteiger partial charge in [0.2, 0.25) is 0 Å². The number of rotatable bonds is 4. The highest BCUT2D eigenvalue weighted by atomic mass is 35.5. The molecular formula is C14H22ClN3O. The normalized spacial score (nSPS) is 20.1. The van der Waals surface area contributed by atoms with E-state index < -0.39 is 0 Å². The van der Waals surface area contributed by atoms with Crippen molar-refractivity contribution in [3.8, 4) is 0 Å². The van der Waals surface area contributed by atoms with E-state index in [1.54, 1.807) is 0 Å². The smallest absolute Gasteiger partial charge is 0.135 e. The molecule has 1 fully saturated rings. The minimum Gasteiger partial charge on any atom is -0.396 e. The molecule has 1 aliphatic rings. The monoisotopic (exact) mass is 283 g/mol. The molecule has 4 nitrogen and oxygen atoms in total. The van der Waals surface area contributed by atoms with Gasteiger partial charge in [-0.3, -0.25) is 0 Å². The van der Waals surface area contributed by atoms with E-state index in [4.69, 9.17) is 11.6 Å². The van der Waals surface area contributed by atoms with Crippen molar-refractivity contribution in [1.82, 2.24) is 9.97 Å². The first kappa shape index (κ1) is 14.5. The largest absolute Gasteiger partial charge is 0.396 e. The Balaban J connectivity index is 2.27. The van der Waals surface area contributed by atoms with E-state index >= 15 is 0 Å². The topological polar surface area (TPSA) is 49.2 Å². The van der Waals surface area contributed by atoms with Crippen molar-refractivity contribution in [3.05, 3.63) is 17.0 Å². The number of anilines is 1. The van der Waals surface area contributed by atoms with Crippen molar-refractivity contribution in [1.29, 1.82) is 0 Å². The van der Waals surface area contributed by atoms with E-state index in [2.05, 4.69) is 28.7 Å². The van der Waals surface area contributed by atoms with Crippen molar-refractivity contribution < 1.29 is 5.11 Å². The van der Waals surface area contributed by atoms with Crippen LogP contribution in [0.25, 0.3) is 0 Å². The molecule has 1 saturated heterocycles. The summed E-state index contributed by atoms with van der Waals surface area (Å²) in [6.07, 6.45) is 4.29. The van der Waals surface area contributed by atoms with Crippen molar-refractivity contribution in [3.63, 3.8) is 0 Å². The Kier molecular flexibility index (Phi) is 4.99. The molecule has 1 aliphatic heterocycles. The summed E-state index contributed by atoms with van der Waals surface area (Å²) >= 11 is 6.11. The molecule has 0 bridgehead atoms. The van der Waals surface area contributed by atoms with Crippen molar-refractivity contribution in [2.45, 2.75) is 51.5 Å². The lowest BCUT2D eigenvalue weighted by molar-refractivity contribution is 0.262. The first-order valence-corrected chi connectivity index (χ1v) is 7.41. The van der Waals surface area contributed by atoms with Gasteiger partial charge in [0.25, 0.3) is 0 Å². The van der Waals surface area contributed by atoms with E-state index in [-0.39, 0.29) is 12.5 Å². The van der Waals surface area contributed by atoms with Gasteiger partial charge in [0.1, 0.15) is 16.8 Å². The van der Waals surface area contributed by atoms with Gasteiger partial charge < -0.3 is 10.0 Å². The fourth-order valence-corrected chi connectivity index (χ4v) is 2.76. The zero-order chi connectivity index (χ0) is 13.8. The number of hydrogen-bond donors (Lipinski definition) is 1. The average Bonchev–Trinajstić information content (AvgIpc) is 2.39. The van der Waals surface area contributed by atoms with E-state index in [1.807, 2.05) is 6.07 Å². The minimum atomic E-state index is 0.219. The van der Waals surface area contributed by atoms with Crippen molar-refractivity contribution >= 4 is 17.4 Å². The van der Waals surface area contributed by atoms with Crippen LogP contribution in [0.4, 0.5) is 5.82 Å². The first-order chi connectivity index (χ1) is 9.11. The molecule has 0 aromatic carbocycles. The molecule has 0 aliphatic carbocycles. The van der Waals surface area contributed by atoms with Gasteiger partial charge in [-0.05, 0) is 25.7 Å². The van der Waals surface area contributed by atoms with E-state index in [0.717, 1.165) is 31.0 Å². The molecule has 0 saturated carbocycles. The molecule has 1 unspecified atom stereocenters. The van der Waals surface area contributed by atoms with Gasteiger partial charge in [-0.15, -0.1) is 0 Å². The maximum Gasteiger partial charge on any atom is 0.135 e. The number of aromatic nitrogens is 2. The fraction of sp³-hybridized carbons (Fsp3) is 0.714. The number of hydrogen-bond acceptors (Lipinski definition) is 4. The van der Waals surface area contributed by atoms with Gasteiger partial charge in [0, 0.05) is 31.2 Å². The third-order valence-corrected chi connectivity index (χ3v) is 3.79. The highest BCUT2D eigenvalue weighted by Gasteiger charge is 2.24. The number of aliphatic hydroxyl groups is 1.